The van der Waals surface area contributed by atoms with Crippen molar-refractivity contribution in [2.24, 2.45) is 0 Å². The van der Waals surface area contributed by atoms with Crippen molar-refractivity contribution in [3.63, 3.8) is 0 Å². The Balaban J connectivity index is 1.33. The van der Waals surface area contributed by atoms with Gasteiger partial charge in [0.05, 0.1) is 18.7 Å². The van der Waals surface area contributed by atoms with E-state index in [9.17, 15) is 14.9 Å². The number of amides is 2. The molecule has 0 atom stereocenters. The van der Waals surface area contributed by atoms with E-state index in [1.54, 1.807) is 11.1 Å². The third-order valence-corrected chi connectivity index (χ3v) is 6.78. The predicted octanol–water partition coefficient (Wildman–Crippen LogP) is 3.89. The molecule has 0 saturated heterocycles. The maximum Gasteiger partial charge on any atom is 0.410 e. The molecule has 0 fully saturated rings. The number of rotatable bonds is 7. The van der Waals surface area contributed by atoms with Crippen LogP contribution < -0.4 is 5.32 Å². The maximum absolute atomic E-state index is 12.5. The molecule has 1 aliphatic rings. The van der Waals surface area contributed by atoms with Crippen LogP contribution in [0.15, 0.2) is 42.7 Å². The minimum absolute atomic E-state index is 0.125. The summed E-state index contributed by atoms with van der Waals surface area (Å²) in [5.74, 6) is 0.745. The molecule has 2 amide bonds. The normalized spacial score (nSPS) is 12.7. The van der Waals surface area contributed by atoms with Gasteiger partial charge in [-0.05, 0) is 30.9 Å². The number of aryl methyl sites for hydroxylation is 2. The summed E-state index contributed by atoms with van der Waals surface area (Å²) in [7, 11) is 0. The van der Waals surface area contributed by atoms with Gasteiger partial charge in [0.15, 0.2) is 0 Å². The van der Waals surface area contributed by atoms with Gasteiger partial charge in [-0.15, -0.1) is 11.3 Å². The van der Waals surface area contributed by atoms with Crippen LogP contribution in [0, 0.1) is 18.3 Å². The summed E-state index contributed by atoms with van der Waals surface area (Å²) in [6.07, 6.45) is 4.72. The molecular weight excluding hydrogens is 438 g/mol. The molecule has 0 radical (unpaired) electrons. The van der Waals surface area contributed by atoms with Gasteiger partial charge in [-0.1, -0.05) is 30.3 Å². The third kappa shape index (κ3) is 5.41. The van der Waals surface area contributed by atoms with Crippen LogP contribution in [0.3, 0.4) is 0 Å². The van der Waals surface area contributed by atoms with Gasteiger partial charge in [-0.3, -0.25) is 4.79 Å². The van der Waals surface area contributed by atoms with E-state index in [0.717, 1.165) is 21.8 Å². The minimum atomic E-state index is -0.376. The number of nitrogens with zero attached hydrogens (tertiary/aromatic N) is 4. The lowest BCUT2D eigenvalue weighted by Gasteiger charge is -2.26. The summed E-state index contributed by atoms with van der Waals surface area (Å²) in [6, 6.07) is 12.1. The first-order valence-corrected chi connectivity index (χ1v) is 11.6. The van der Waals surface area contributed by atoms with Crippen molar-refractivity contribution in [2.75, 3.05) is 18.5 Å². The molecule has 0 saturated carbocycles. The van der Waals surface area contributed by atoms with Crippen molar-refractivity contribution < 1.29 is 14.3 Å². The molecule has 170 valence electrons. The van der Waals surface area contributed by atoms with Crippen LogP contribution in [0.25, 0.3) is 0 Å². The van der Waals surface area contributed by atoms with E-state index in [2.05, 4.69) is 16.4 Å². The van der Waals surface area contributed by atoms with Crippen molar-refractivity contribution in [3.8, 4) is 6.07 Å². The van der Waals surface area contributed by atoms with Gasteiger partial charge < -0.3 is 19.5 Å². The van der Waals surface area contributed by atoms with Crippen LogP contribution in [0.1, 0.15) is 33.8 Å². The largest absolute Gasteiger partial charge is 0.448 e. The number of carbonyl (C=O) groups excluding carboxylic acids is 2. The van der Waals surface area contributed by atoms with E-state index in [1.807, 2.05) is 48.0 Å². The molecule has 1 aliphatic heterocycles. The van der Waals surface area contributed by atoms with E-state index >= 15 is 0 Å². The average molecular weight is 464 g/mol. The minimum Gasteiger partial charge on any atom is -0.448 e. The monoisotopic (exact) mass is 463 g/mol. The summed E-state index contributed by atoms with van der Waals surface area (Å²) in [5, 5.41) is 13.1. The highest BCUT2D eigenvalue weighted by Gasteiger charge is 2.28. The van der Waals surface area contributed by atoms with E-state index in [-0.39, 0.29) is 18.6 Å². The fourth-order valence-corrected chi connectivity index (χ4v) is 5.05. The molecule has 1 N–H and O–H groups in total. The van der Waals surface area contributed by atoms with Crippen LogP contribution in [0.4, 0.5) is 9.80 Å². The highest BCUT2D eigenvalue weighted by atomic mass is 32.1. The fraction of sp³-hybridized carbons (Fsp3) is 0.333. The zero-order valence-corrected chi connectivity index (χ0v) is 19.2. The molecule has 4 rings (SSSR count). The van der Waals surface area contributed by atoms with E-state index in [1.165, 1.54) is 11.3 Å². The van der Waals surface area contributed by atoms with Crippen molar-refractivity contribution >= 4 is 28.3 Å². The Kier molecular flexibility index (Phi) is 7.05. The van der Waals surface area contributed by atoms with Gasteiger partial charge in [-0.2, -0.15) is 5.26 Å². The van der Waals surface area contributed by atoms with Crippen LogP contribution in [-0.4, -0.2) is 39.6 Å². The van der Waals surface area contributed by atoms with Gasteiger partial charge in [0.25, 0.3) is 0 Å². The molecule has 0 spiro atoms. The van der Waals surface area contributed by atoms with E-state index in [0.29, 0.717) is 49.5 Å². The number of hydrogen-bond donors (Lipinski definition) is 1. The molecule has 0 unspecified atom stereocenters. The van der Waals surface area contributed by atoms with Gasteiger partial charge in [0.1, 0.15) is 23.5 Å². The second kappa shape index (κ2) is 10.3. The number of fused-ring (bicyclic) bond motifs is 1. The van der Waals surface area contributed by atoms with Crippen molar-refractivity contribution in [1.29, 1.82) is 5.26 Å². The lowest BCUT2D eigenvalue weighted by Crippen LogP contribution is -2.36. The van der Waals surface area contributed by atoms with Gasteiger partial charge in [-0.25, -0.2) is 9.78 Å². The summed E-state index contributed by atoms with van der Waals surface area (Å²) in [5.41, 5.74) is 2.52. The Morgan fingerprint density at radius 3 is 2.85 bits per heavy atom. The molecule has 8 nitrogen and oxygen atoms in total. The topological polar surface area (TPSA) is 100 Å². The third-order valence-electron chi connectivity index (χ3n) is 5.64. The second-order valence-electron chi connectivity index (χ2n) is 7.81. The van der Waals surface area contributed by atoms with Crippen LogP contribution >= 0.6 is 11.3 Å². The molecule has 0 bridgehead atoms. The number of benzene rings is 1. The Morgan fingerprint density at radius 2 is 2.12 bits per heavy atom. The zero-order valence-electron chi connectivity index (χ0n) is 18.4. The standard InChI is InChI=1S/C24H25N5O3S/c1-17-26-10-12-28(17)13-14-32-24(31)29-11-9-19-20(15-25)23(33-21(19)16-29)27-22(30)8-7-18-5-3-2-4-6-18/h2-6,10,12H,7-9,11,13-14,16H2,1H3,(H,27,30). The van der Waals surface area contributed by atoms with Crippen LogP contribution in [0.2, 0.25) is 0 Å². The first-order valence-electron chi connectivity index (χ1n) is 10.8. The summed E-state index contributed by atoms with van der Waals surface area (Å²) in [6.45, 7) is 3.55. The van der Waals surface area contributed by atoms with Crippen LogP contribution in [-0.2, 0) is 35.5 Å². The highest BCUT2D eigenvalue weighted by Crippen LogP contribution is 2.36. The summed E-state index contributed by atoms with van der Waals surface area (Å²) < 4.78 is 7.36. The van der Waals surface area contributed by atoms with Gasteiger partial charge in [0, 0.05) is 30.2 Å². The van der Waals surface area contributed by atoms with Gasteiger partial charge >= 0.3 is 6.09 Å². The number of ether oxygens (including phenoxy) is 1. The molecular formula is C24H25N5O3S. The fourth-order valence-electron chi connectivity index (χ4n) is 3.82. The SMILES string of the molecule is Cc1nccn1CCOC(=O)N1CCc2c(sc(NC(=O)CCc3ccccc3)c2C#N)C1. The van der Waals surface area contributed by atoms with Crippen molar-refractivity contribution in [2.45, 2.75) is 39.3 Å². The van der Waals surface area contributed by atoms with Gasteiger partial charge in [0.2, 0.25) is 5.91 Å². The summed E-state index contributed by atoms with van der Waals surface area (Å²) in [4.78, 5) is 31.7. The molecule has 0 aliphatic carbocycles. The number of thiophene rings is 1. The Bertz CT molecular complexity index is 1180. The molecule has 1 aromatic carbocycles. The lowest BCUT2D eigenvalue weighted by atomic mass is 10.0. The quantitative estimate of drug-likeness (QED) is 0.573. The Hall–Kier alpha value is -3.64. The Labute approximate surface area is 196 Å². The second-order valence-corrected chi connectivity index (χ2v) is 8.91. The highest BCUT2D eigenvalue weighted by molar-refractivity contribution is 7.16. The number of imidazole rings is 1. The van der Waals surface area contributed by atoms with E-state index in [4.69, 9.17) is 4.74 Å². The number of hydrogen-bond acceptors (Lipinski definition) is 6. The summed E-state index contributed by atoms with van der Waals surface area (Å²) >= 11 is 1.37. The molecule has 3 heterocycles. The number of nitrogens with one attached hydrogen (secondary N) is 1. The molecule has 33 heavy (non-hydrogen) atoms. The molecule has 3 aromatic rings. The first kappa shape index (κ1) is 22.6. The van der Waals surface area contributed by atoms with E-state index < -0.39 is 0 Å². The number of anilines is 1. The zero-order chi connectivity index (χ0) is 23.2. The average Bonchev–Trinajstić information content (AvgIpc) is 3.39. The maximum atomic E-state index is 12.5. The Morgan fingerprint density at radius 1 is 1.30 bits per heavy atom. The molecule has 9 heteroatoms. The number of carbonyl (C=O) groups is 2. The number of aromatic nitrogens is 2. The lowest BCUT2D eigenvalue weighted by molar-refractivity contribution is -0.116. The van der Waals surface area contributed by atoms with Crippen molar-refractivity contribution in [1.82, 2.24) is 14.5 Å². The number of nitriles is 1. The molecule has 2 aromatic heterocycles. The van der Waals surface area contributed by atoms with Crippen LogP contribution in [0.5, 0.6) is 0 Å². The predicted molar refractivity (Wildman–Crippen MR) is 125 cm³/mol. The smallest absolute Gasteiger partial charge is 0.410 e. The van der Waals surface area contributed by atoms with Crippen molar-refractivity contribution in [3.05, 3.63) is 70.1 Å². The first-order chi connectivity index (χ1) is 16.0.